The molecule has 0 aliphatic carbocycles. The SMILES string of the molecule is CCCCN(C)S(=O)(=O)c1ccc2c(c1)NC(=O)C(C)S2. The number of rotatable bonds is 5. The number of carbonyl (C=O) groups excluding carboxylic acids is 1. The zero-order chi connectivity index (χ0) is 15.6. The summed E-state index contributed by atoms with van der Waals surface area (Å²) in [5.74, 6) is -0.0959. The van der Waals surface area contributed by atoms with Crippen LogP contribution in [0.3, 0.4) is 0 Å². The molecule has 1 heterocycles. The highest BCUT2D eigenvalue weighted by molar-refractivity contribution is 8.01. The third kappa shape index (κ3) is 3.41. The maximum Gasteiger partial charge on any atom is 0.242 e. The van der Waals surface area contributed by atoms with Crippen molar-refractivity contribution in [1.29, 1.82) is 0 Å². The number of fused-ring (bicyclic) bond motifs is 1. The fraction of sp³-hybridized carbons (Fsp3) is 0.500. The normalized spacial score (nSPS) is 18.5. The van der Waals surface area contributed by atoms with Gasteiger partial charge in [0.25, 0.3) is 0 Å². The summed E-state index contributed by atoms with van der Waals surface area (Å²) >= 11 is 1.44. The topological polar surface area (TPSA) is 66.5 Å². The van der Waals surface area contributed by atoms with Gasteiger partial charge in [-0.2, -0.15) is 0 Å². The van der Waals surface area contributed by atoms with E-state index in [4.69, 9.17) is 0 Å². The number of amides is 1. The summed E-state index contributed by atoms with van der Waals surface area (Å²) in [4.78, 5) is 12.8. The predicted octanol–water partition coefficient (Wildman–Crippen LogP) is 2.54. The number of unbranched alkanes of at least 4 members (excludes halogenated alkanes) is 1. The first-order chi connectivity index (χ1) is 9.86. The van der Waals surface area contributed by atoms with Crippen LogP contribution in [-0.4, -0.2) is 37.5 Å². The Labute approximate surface area is 130 Å². The van der Waals surface area contributed by atoms with Gasteiger partial charge in [0.2, 0.25) is 15.9 Å². The van der Waals surface area contributed by atoms with E-state index in [1.807, 2.05) is 13.8 Å². The van der Waals surface area contributed by atoms with Gasteiger partial charge in [0.05, 0.1) is 15.8 Å². The van der Waals surface area contributed by atoms with Crippen LogP contribution in [0.5, 0.6) is 0 Å². The van der Waals surface area contributed by atoms with Crippen molar-refractivity contribution in [2.45, 2.75) is 41.7 Å². The van der Waals surface area contributed by atoms with E-state index in [9.17, 15) is 13.2 Å². The molecule has 1 amide bonds. The maximum absolute atomic E-state index is 12.5. The molecule has 116 valence electrons. The second kappa shape index (κ2) is 6.37. The molecule has 1 aromatic rings. The Hall–Kier alpha value is -1.05. The van der Waals surface area contributed by atoms with E-state index in [1.54, 1.807) is 25.2 Å². The Morgan fingerprint density at radius 1 is 1.38 bits per heavy atom. The van der Waals surface area contributed by atoms with Crippen LogP contribution in [0.4, 0.5) is 5.69 Å². The predicted molar refractivity (Wildman–Crippen MR) is 85.1 cm³/mol. The number of sulfonamides is 1. The minimum atomic E-state index is -3.50. The van der Waals surface area contributed by atoms with E-state index < -0.39 is 10.0 Å². The molecule has 1 atom stereocenters. The minimum Gasteiger partial charge on any atom is -0.324 e. The lowest BCUT2D eigenvalue weighted by Gasteiger charge is -2.23. The Morgan fingerprint density at radius 2 is 2.10 bits per heavy atom. The van der Waals surface area contributed by atoms with E-state index in [1.165, 1.54) is 16.1 Å². The molecule has 0 saturated heterocycles. The third-order valence-corrected chi connectivity index (χ3v) is 6.45. The van der Waals surface area contributed by atoms with Gasteiger partial charge in [-0.3, -0.25) is 4.79 Å². The number of carbonyl (C=O) groups is 1. The second-order valence-electron chi connectivity index (χ2n) is 5.09. The lowest BCUT2D eigenvalue weighted by Crippen LogP contribution is -2.29. The van der Waals surface area contributed by atoms with Crippen molar-refractivity contribution in [3.05, 3.63) is 18.2 Å². The number of hydrogen-bond donors (Lipinski definition) is 1. The van der Waals surface area contributed by atoms with Crippen LogP contribution in [0.15, 0.2) is 28.0 Å². The van der Waals surface area contributed by atoms with Crippen LogP contribution in [0.1, 0.15) is 26.7 Å². The summed E-state index contributed by atoms with van der Waals surface area (Å²) in [6.07, 6.45) is 1.76. The molecule has 0 spiro atoms. The fourth-order valence-corrected chi connectivity index (χ4v) is 4.20. The number of anilines is 1. The molecule has 1 unspecified atom stereocenters. The minimum absolute atomic E-state index is 0.0959. The van der Waals surface area contributed by atoms with Crippen LogP contribution in [0.2, 0.25) is 0 Å². The average Bonchev–Trinajstić information content (AvgIpc) is 2.45. The summed E-state index contributed by atoms with van der Waals surface area (Å²) in [5, 5.41) is 2.60. The van der Waals surface area contributed by atoms with Crippen molar-refractivity contribution in [1.82, 2.24) is 4.31 Å². The van der Waals surface area contributed by atoms with E-state index >= 15 is 0 Å². The Morgan fingerprint density at radius 3 is 2.76 bits per heavy atom. The van der Waals surface area contributed by atoms with Crippen molar-refractivity contribution >= 4 is 33.4 Å². The van der Waals surface area contributed by atoms with Crippen LogP contribution >= 0.6 is 11.8 Å². The average molecular weight is 328 g/mol. The molecular weight excluding hydrogens is 308 g/mol. The molecule has 1 aliphatic heterocycles. The van der Waals surface area contributed by atoms with Gasteiger partial charge in [0.1, 0.15) is 0 Å². The number of benzene rings is 1. The van der Waals surface area contributed by atoms with Gasteiger partial charge in [-0.15, -0.1) is 11.8 Å². The van der Waals surface area contributed by atoms with Crippen molar-refractivity contribution < 1.29 is 13.2 Å². The lowest BCUT2D eigenvalue weighted by molar-refractivity contribution is -0.115. The van der Waals surface area contributed by atoms with Gasteiger partial charge in [0.15, 0.2) is 0 Å². The highest BCUT2D eigenvalue weighted by Crippen LogP contribution is 2.37. The molecule has 0 aromatic heterocycles. The first kappa shape index (κ1) is 16.3. The van der Waals surface area contributed by atoms with Crippen LogP contribution < -0.4 is 5.32 Å². The van der Waals surface area contributed by atoms with Crippen molar-refractivity contribution in [2.24, 2.45) is 0 Å². The Balaban J connectivity index is 2.30. The van der Waals surface area contributed by atoms with Crippen molar-refractivity contribution in [2.75, 3.05) is 18.9 Å². The standard InChI is InChI=1S/C14H20N2O3S2/c1-4-5-8-16(3)21(18,19)11-6-7-13-12(9-11)15-14(17)10(2)20-13/h6-7,9-10H,4-5,8H2,1-3H3,(H,15,17). The van der Waals surface area contributed by atoms with Gasteiger partial charge in [-0.1, -0.05) is 13.3 Å². The molecule has 5 nitrogen and oxygen atoms in total. The number of thioether (sulfide) groups is 1. The largest absolute Gasteiger partial charge is 0.324 e. The quantitative estimate of drug-likeness (QED) is 0.902. The van der Waals surface area contributed by atoms with Crippen LogP contribution in [0.25, 0.3) is 0 Å². The van der Waals surface area contributed by atoms with Gasteiger partial charge in [0, 0.05) is 18.5 Å². The van der Waals surface area contributed by atoms with Crippen LogP contribution in [0, 0.1) is 0 Å². The summed E-state index contributed by atoms with van der Waals surface area (Å²) in [6.45, 7) is 4.34. The van der Waals surface area contributed by atoms with Gasteiger partial charge in [-0.05, 0) is 31.5 Å². The van der Waals surface area contributed by atoms with Crippen LogP contribution in [-0.2, 0) is 14.8 Å². The van der Waals surface area contributed by atoms with Crippen molar-refractivity contribution in [3.63, 3.8) is 0 Å². The third-order valence-electron chi connectivity index (χ3n) is 3.42. The fourth-order valence-electron chi connectivity index (χ4n) is 2.03. The van der Waals surface area contributed by atoms with Gasteiger partial charge in [-0.25, -0.2) is 12.7 Å². The molecule has 21 heavy (non-hydrogen) atoms. The smallest absolute Gasteiger partial charge is 0.242 e. The first-order valence-electron chi connectivity index (χ1n) is 6.94. The molecule has 1 N–H and O–H groups in total. The Kier molecular flexibility index (Phi) is 4.95. The van der Waals surface area contributed by atoms with Gasteiger partial charge < -0.3 is 5.32 Å². The van der Waals surface area contributed by atoms with E-state index in [-0.39, 0.29) is 16.1 Å². The molecule has 2 rings (SSSR count). The zero-order valence-electron chi connectivity index (χ0n) is 12.4. The summed E-state index contributed by atoms with van der Waals surface area (Å²) < 4.78 is 26.3. The molecular formula is C14H20N2O3S2. The highest BCUT2D eigenvalue weighted by Gasteiger charge is 2.26. The lowest BCUT2D eigenvalue weighted by atomic mass is 10.3. The molecule has 0 fully saturated rings. The van der Waals surface area contributed by atoms with Gasteiger partial charge >= 0.3 is 0 Å². The summed E-state index contributed by atoms with van der Waals surface area (Å²) in [7, 11) is -1.92. The first-order valence-corrected chi connectivity index (χ1v) is 9.26. The van der Waals surface area contributed by atoms with E-state index in [0.29, 0.717) is 12.2 Å². The zero-order valence-corrected chi connectivity index (χ0v) is 14.1. The Bertz CT molecular complexity index is 644. The summed E-state index contributed by atoms with van der Waals surface area (Å²) in [5.41, 5.74) is 0.577. The maximum atomic E-state index is 12.5. The molecule has 0 saturated carbocycles. The molecule has 1 aromatic carbocycles. The molecule has 7 heteroatoms. The molecule has 1 aliphatic rings. The summed E-state index contributed by atoms with van der Waals surface area (Å²) in [6, 6.07) is 4.91. The highest BCUT2D eigenvalue weighted by atomic mass is 32.2. The number of hydrogen-bond acceptors (Lipinski definition) is 4. The molecule has 0 radical (unpaired) electrons. The molecule has 0 bridgehead atoms. The second-order valence-corrected chi connectivity index (χ2v) is 8.51. The van der Waals surface area contributed by atoms with E-state index in [0.717, 1.165) is 17.7 Å². The van der Waals surface area contributed by atoms with Crippen molar-refractivity contribution in [3.8, 4) is 0 Å². The number of nitrogens with one attached hydrogen (secondary N) is 1. The number of nitrogens with zero attached hydrogens (tertiary/aromatic N) is 1. The van der Waals surface area contributed by atoms with E-state index in [2.05, 4.69) is 5.32 Å². The monoisotopic (exact) mass is 328 g/mol.